The summed E-state index contributed by atoms with van der Waals surface area (Å²) in [5, 5.41) is 25.6. The molecule has 34 heavy (non-hydrogen) atoms. The van der Waals surface area contributed by atoms with Crippen molar-refractivity contribution in [3.05, 3.63) is 105 Å². The van der Waals surface area contributed by atoms with Crippen molar-refractivity contribution in [3.63, 3.8) is 0 Å². The summed E-state index contributed by atoms with van der Waals surface area (Å²) in [5.41, 5.74) is 2.11. The smallest absolute Gasteiger partial charge is 0.271 e. The first-order chi connectivity index (χ1) is 16.2. The Balaban J connectivity index is 1.84. The Morgan fingerprint density at radius 2 is 1.56 bits per heavy atom. The maximum atomic E-state index is 13.2. The minimum atomic E-state index is -4.25. The highest BCUT2D eigenvalue weighted by atomic mass is 32.2. The van der Waals surface area contributed by atoms with Crippen LogP contribution in [-0.4, -0.2) is 36.9 Å². The second-order valence-electron chi connectivity index (χ2n) is 6.74. The molecule has 0 bridgehead atoms. The van der Waals surface area contributed by atoms with Gasteiger partial charge < -0.3 is 0 Å². The number of anilines is 1. The van der Waals surface area contributed by atoms with E-state index in [9.17, 15) is 33.4 Å². The first-order valence-corrected chi connectivity index (χ1v) is 11.0. The summed E-state index contributed by atoms with van der Waals surface area (Å²) in [6.07, 6.45) is 1.23. The molecule has 12 nitrogen and oxygen atoms in total. The number of carbonyl (C=O) groups is 1. The van der Waals surface area contributed by atoms with Crippen LogP contribution in [0.25, 0.3) is 0 Å². The lowest BCUT2D eigenvalue weighted by Crippen LogP contribution is -2.39. The van der Waals surface area contributed by atoms with Crippen molar-refractivity contribution >= 4 is 39.2 Å². The molecule has 3 aromatic carbocycles. The number of hydrazone groups is 1. The van der Waals surface area contributed by atoms with Gasteiger partial charge in [-0.1, -0.05) is 24.3 Å². The van der Waals surface area contributed by atoms with Gasteiger partial charge in [0.05, 0.1) is 26.6 Å². The number of rotatable bonds is 9. The van der Waals surface area contributed by atoms with Crippen LogP contribution in [-0.2, 0) is 14.8 Å². The fraction of sp³-hybridized carbons (Fsp3) is 0.0476. The number of hydrogen-bond donors (Lipinski definition) is 1. The first kappa shape index (κ1) is 24.0. The van der Waals surface area contributed by atoms with Gasteiger partial charge in [0.1, 0.15) is 6.54 Å². The van der Waals surface area contributed by atoms with Gasteiger partial charge in [0.25, 0.3) is 27.3 Å². The molecule has 0 fully saturated rings. The average Bonchev–Trinajstić information content (AvgIpc) is 2.83. The van der Waals surface area contributed by atoms with Crippen LogP contribution in [0.5, 0.6) is 0 Å². The molecular formula is C21H17N5O7S. The molecule has 0 unspecified atom stereocenters. The molecule has 174 valence electrons. The zero-order chi connectivity index (χ0) is 24.7. The number of sulfonamides is 1. The Morgan fingerprint density at radius 1 is 0.912 bits per heavy atom. The number of benzene rings is 3. The van der Waals surface area contributed by atoms with Crippen LogP contribution in [0.2, 0.25) is 0 Å². The number of nitro benzene ring substituents is 2. The molecule has 0 saturated heterocycles. The van der Waals surface area contributed by atoms with E-state index in [1.807, 2.05) is 0 Å². The zero-order valence-corrected chi connectivity index (χ0v) is 18.2. The third-order valence-electron chi connectivity index (χ3n) is 4.45. The normalized spacial score (nSPS) is 11.2. The molecule has 0 aliphatic heterocycles. The van der Waals surface area contributed by atoms with Gasteiger partial charge in [-0.25, -0.2) is 13.8 Å². The van der Waals surface area contributed by atoms with Crippen LogP contribution < -0.4 is 9.73 Å². The molecule has 0 spiro atoms. The van der Waals surface area contributed by atoms with E-state index in [1.54, 1.807) is 6.07 Å². The third kappa shape index (κ3) is 5.77. The predicted molar refractivity (Wildman–Crippen MR) is 123 cm³/mol. The summed E-state index contributed by atoms with van der Waals surface area (Å²) in [6.45, 7) is -0.712. The number of nitrogens with zero attached hydrogens (tertiary/aromatic N) is 4. The van der Waals surface area contributed by atoms with Gasteiger partial charge in [-0.15, -0.1) is 0 Å². The van der Waals surface area contributed by atoms with Crippen molar-refractivity contribution in [2.24, 2.45) is 5.10 Å². The first-order valence-electron chi connectivity index (χ1n) is 9.57. The number of non-ortho nitro benzene ring substituents is 2. The number of carbonyl (C=O) groups excluding carboxylic acids is 1. The molecule has 3 rings (SSSR count). The van der Waals surface area contributed by atoms with E-state index >= 15 is 0 Å². The highest BCUT2D eigenvalue weighted by Gasteiger charge is 2.28. The van der Waals surface area contributed by atoms with E-state index in [2.05, 4.69) is 10.5 Å². The summed E-state index contributed by atoms with van der Waals surface area (Å²) < 4.78 is 27.2. The Kier molecular flexibility index (Phi) is 7.28. The average molecular weight is 483 g/mol. The number of hydrogen-bond acceptors (Lipinski definition) is 8. The highest BCUT2D eigenvalue weighted by molar-refractivity contribution is 7.92. The van der Waals surface area contributed by atoms with Gasteiger partial charge in [0.15, 0.2) is 0 Å². The fourth-order valence-electron chi connectivity index (χ4n) is 2.82. The molecule has 1 amide bonds. The minimum absolute atomic E-state index is 0.0763. The Bertz CT molecular complexity index is 1340. The van der Waals surface area contributed by atoms with Crippen molar-refractivity contribution in [2.75, 3.05) is 10.8 Å². The van der Waals surface area contributed by atoms with E-state index in [1.165, 1.54) is 72.9 Å². The summed E-state index contributed by atoms with van der Waals surface area (Å²) in [7, 11) is -4.25. The zero-order valence-electron chi connectivity index (χ0n) is 17.3. The summed E-state index contributed by atoms with van der Waals surface area (Å²) in [6, 6.07) is 17.6. The largest absolute Gasteiger partial charge is 0.271 e. The van der Waals surface area contributed by atoms with Crippen LogP contribution in [0.3, 0.4) is 0 Å². The number of amides is 1. The Labute approximate surface area is 193 Å². The lowest BCUT2D eigenvalue weighted by molar-refractivity contribution is -0.385. The fourth-order valence-corrected chi connectivity index (χ4v) is 4.26. The molecule has 0 radical (unpaired) electrons. The van der Waals surface area contributed by atoms with Gasteiger partial charge in [-0.3, -0.25) is 29.3 Å². The monoisotopic (exact) mass is 483 g/mol. The second kappa shape index (κ2) is 10.3. The maximum Gasteiger partial charge on any atom is 0.271 e. The Hall–Kier alpha value is -4.65. The van der Waals surface area contributed by atoms with E-state index < -0.39 is 32.3 Å². The van der Waals surface area contributed by atoms with Gasteiger partial charge in [0.2, 0.25) is 0 Å². The van der Waals surface area contributed by atoms with Crippen molar-refractivity contribution in [2.45, 2.75) is 4.90 Å². The molecular weight excluding hydrogens is 466 g/mol. The SMILES string of the molecule is O=C(CN(c1cccc([N+](=O)[O-])c1)S(=O)(=O)c1ccccc1)N/N=C\c1ccc([N+](=O)[O-])cc1. The molecule has 0 aliphatic rings. The van der Waals surface area contributed by atoms with Gasteiger partial charge in [-0.05, 0) is 35.9 Å². The molecule has 0 aliphatic carbocycles. The van der Waals surface area contributed by atoms with E-state index in [4.69, 9.17) is 0 Å². The molecule has 0 aromatic heterocycles. The topological polar surface area (TPSA) is 165 Å². The van der Waals surface area contributed by atoms with Gasteiger partial charge >= 0.3 is 0 Å². The molecule has 0 heterocycles. The summed E-state index contributed by atoms with van der Waals surface area (Å²) >= 11 is 0. The molecule has 13 heteroatoms. The Morgan fingerprint density at radius 3 is 2.18 bits per heavy atom. The van der Waals surface area contributed by atoms with Crippen LogP contribution in [0, 0.1) is 20.2 Å². The van der Waals surface area contributed by atoms with Crippen LogP contribution in [0.1, 0.15) is 5.56 Å². The van der Waals surface area contributed by atoms with Crippen molar-refractivity contribution < 1.29 is 23.1 Å². The lowest BCUT2D eigenvalue weighted by Gasteiger charge is -2.23. The molecule has 1 N–H and O–H groups in total. The van der Waals surface area contributed by atoms with Crippen molar-refractivity contribution in [1.82, 2.24) is 5.43 Å². The standard InChI is InChI=1S/C21H17N5O7S/c27-21(23-22-14-16-9-11-17(12-10-16)25(28)29)15-24(18-5-4-6-19(13-18)26(30)31)34(32,33)20-7-2-1-3-8-20/h1-14H,15H2,(H,23,27)/b22-14-. The maximum absolute atomic E-state index is 13.2. The molecule has 0 atom stereocenters. The number of nitro groups is 2. The van der Waals surface area contributed by atoms with Crippen LogP contribution >= 0.6 is 0 Å². The van der Waals surface area contributed by atoms with Gasteiger partial charge in [0, 0.05) is 24.3 Å². The predicted octanol–water partition coefficient (Wildman–Crippen LogP) is 2.85. The second-order valence-corrected chi connectivity index (χ2v) is 8.61. The molecule has 3 aromatic rings. The summed E-state index contributed by atoms with van der Waals surface area (Å²) in [5.74, 6) is -0.816. The number of nitrogens with one attached hydrogen (secondary N) is 1. The van der Waals surface area contributed by atoms with Gasteiger partial charge in [-0.2, -0.15) is 5.10 Å². The third-order valence-corrected chi connectivity index (χ3v) is 6.24. The lowest BCUT2D eigenvalue weighted by atomic mass is 10.2. The van der Waals surface area contributed by atoms with Crippen LogP contribution in [0.15, 0.2) is 88.9 Å². The minimum Gasteiger partial charge on any atom is -0.271 e. The van der Waals surface area contributed by atoms with E-state index in [0.717, 1.165) is 10.4 Å². The quantitative estimate of drug-likeness (QED) is 0.277. The molecule has 0 saturated carbocycles. The summed E-state index contributed by atoms with van der Waals surface area (Å²) in [4.78, 5) is 33.0. The van der Waals surface area contributed by atoms with Crippen LogP contribution in [0.4, 0.5) is 17.1 Å². The van der Waals surface area contributed by atoms with E-state index in [-0.39, 0.29) is 22.0 Å². The van der Waals surface area contributed by atoms with E-state index in [0.29, 0.717) is 5.56 Å². The van der Waals surface area contributed by atoms with Crippen molar-refractivity contribution in [3.8, 4) is 0 Å². The van der Waals surface area contributed by atoms with Crippen molar-refractivity contribution in [1.29, 1.82) is 0 Å². The highest BCUT2D eigenvalue weighted by Crippen LogP contribution is 2.26.